The Morgan fingerprint density at radius 3 is 2.52 bits per heavy atom. The number of fused-ring (bicyclic) bond motifs is 1. The van der Waals surface area contributed by atoms with Crippen molar-refractivity contribution in [2.45, 2.75) is 45.1 Å². The van der Waals surface area contributed by atoms with Gasteiger partial charge in [-0.25, -0.2) is 0 Å². The second-order valence-corrected chi connectivity index (χ2v) is 8.63. The predicted octanol–water partition coefficient (Wildman–Crippen LogP) is 4.03. The number of benzene rings is 2. The van der Waals surface area contributed by atoms with E-state index in [4.69, 9.17) is 4.74 Å². The first-order chi connectivity index (χ1) is 15.0. The Hall–Kier alpha value is -3.02. The molecule has 6 nitrogen and oxygen atoms in total. The smallest absolute Gasteiger partial charge is 0.265 e. The Balaban J connectivity index is 1.50. The van der Waals surface area contributed by atoms with E-state index in [1.807, 2.05) is 58.3 Å². The molecule has 0 bridgehead atoms. The molecule has 6 heteroatoms. The highest BCUT2D eigenvalue weighted by atomic mass is 16.5. The molecule has 2 aliphatic rings. The molecule has 0 radical (unpaired) electrons. The molecule has 4 rings (SSSR count). The first kappa shape index (κ1) is 21.2. The minimum Gasteiger partial charge on any atom is -0.477 e. The van der Waals surface area contributed by atoms with E-state index in [2.05, 4.69) is 19.2 Å². The molecule has 1 fully saturated rings. The van der Waals surface area contributed by atoms with Crippen molar-refractivity contribution in [2.24, 2.45) is 0 Å². The largest absolute Gasteiger partial charge is 0.477 e. The third kappa shape index (κ3) is 4.84. The number of anilines is 2. The predicted molar refractivity (Wildman–Crippen MR) is 123 cm³/mol. The number of likely N-dealkylation sites (tertiary alicyclic amines) is 1. The van der Waals surface area contributed by atoms with Gasteiger partial charge in [0.2, 0.25) is 5.91 Å². The van der Waals surface area contributed by atoms with Gasteiger partial charge in [0.25, 0.3) is 5.91 Å². The van der Waals surface area contributed by atoms with Gasteiger partial charge in [-0.15, -0.1) is 0 Å². The molecule has 0 aromatic heterocycles. The minimum absolute atomic E-state index is 0.0183. The first-order valence-electron chi connectivity index (χ1n) is 11.2. The summed E-state index contributed by atoms with van der Waals surface area (Å²) in [5, 5.41) is 3.06. The second kappa shape index (κ2) is 9.41. The number of amides is 2. The van der Waals surface area contributed by atoms with Crippen LogP contribution in [-0.4, -0.2) is 49.0 Å². The van der Waals surface area contributed by atoms with Gasteiger partial charge in [0.15, 0.2) is 6.10 Å². The van der Waals surface area contributed by atoms with Gasteiger partial charge >= 0.3 is 0 Å². The van der Waals surface area contributed by atoms with Crippen LogP contribution in [0.15, 0.2) is 48.5 Å². The molecule has 0 spiro atoms. The fourth-order valence-corrected chi connectivity index (χ4v) is 4.38. The molecule has 1 atom stereocenters. The van der Waals surface area contributed by atoms with Crippen molar-refractivity contribution >= 4 is 23.2 Å². The van der Waals surface area contributed by atoms with Gasteiger partial charge < -0.3 is 19.9 Å². The fourth-order valence-electron chi connectivity index (χ4n) is 4.38. The number of ether oxygens (including phenoxy) is 1. The van der Waals surface area contributed by atoms with E-state index in [0.29, 0.717) is 18.2 Å². The molecule has 0 aliphatic carbocycles. The molecule has 2 aromatic rings. The highest BCUT2D eigenvalue weighted by molar-refractivity contribution is 5.95. The highest BCUT2D eigenvalue weighted by Crippen LogP contribution is 2.34. The quantitative estimate of drug-likeness (QED) is 0.792. The Kier molecular flexibility index (Phi) is 6.44. The Morgan fingerprint density at radius 1 is 1.03 bits per heavy atom. The maximum atomic E-state index is 13.1. The summed E-state index contributed by atoms with van der Waals surface area (Å²) in [4.78, 5) is 29.9. The van der Waals surface area contributed by atoms with Gasteiger partial charge in [-0.2, -0.15) is 0 Å². The lowest BCUT2D eigenvalue weighted by Gasteiger charge is -2.38. The molecule has 0 saturated carbocycles. The zero-order chi connectivity index (χ0) is 21.8. The summed E-state index contributed by atoms with van der Waals surface area (Å²) >= 11 is 0. The van der Waals surface area contributed by atoms with E-state index in [9.17, 15) is 9.59 Å². The van der Waals surface area contributed by atoms with Crippen molar-refractivity contribution in [1.82, 2.24) is 4.90 Å². The van der Waals surface area contributed by atoms with Crippen LogP contribution in [0.5, 0.6) is 5.75 Å². The summed E-state index contributed by atoms with van der Waals surface area (Å²) < 4.78 is 6.06. The Bertz CT molecular complexity index is 937. The SMILES string of the molecule is CC(C)c1ccccc1NC(=O)CN1C[C@H](C(=O)N2CCCCC2)Oc2ccccc21. The van der Waals surface area contributed by atoms with Crippen molar-refractivity contribution in [3.8, 4) is 5.75 Å². The van der Waals surface area contributed by atoms with Crippen LogP contribution in [0.25, 0.3) is 0 Å². The van der Waals surface area contributed by atoms with Crippen LogP contribution >= 0.6 is 0 Å². The van der Waals surface area contributed by atoms with Gasteiger partial charge in [-0.1, -0.05) is 44.2 Å². The molecular formula is C25H31N3O3. The van der Waals surface area contributed by atoms with Gasteiger partial charge in [-0.3, -0.25) is 9.59 Å². The third-order valence-corrected chi connectivity index (χ3v) is 6.00. The second-order valence-electron chi connectivity index (χ2n) is 8.63. The number of hydrogen-bond donors (Lipinski definition) is 1. The van der Waals surface area contributed by atoms with E-state index in [1.165, 1.54) is 6.42 Å². The van der Waals surface area contributed by atoms with Crippen LogP contribution in [0.4, 0.5) is 11.4 Å². The number of hydrogen-bond acceptors (Lipinski definition) is 4. The zero-order valence-electron chi connectivity index (χ0n) is 18.3. The standard InChI is InChI=1S/C25H31N3O3/c1-18(2)19-10-4-5-11-20(19)26-24(29)17-28-16-23(25(30)27-14-8-3-9-15-27)31-22-13-7-6-12-21(22)28/h4-7,10-13,18,23H,3,8-9,14-17H2,1-2H3,(H,26,29)/t23-/m1/s1. The molecule has 31 heavy (non-hydrogen) atoms. The van der Waals surface area contributed by atoms with Crippen LogP contribution in [-0.2, 0) is 9.59 Å². The molecule has 0 unspecified atom stereocenters. The zero-order valence-corrected chi connectivity index (χ0v) is 18.3. The van der Waals surface area contributed by atoms with E-state index < -0.39 is 6.10 Å². The third-order valence-electron chi connectivity index (χ3n) is 6.00. The van der Waals surface area contributed by atoms with Crippen LogP contribution in [0.3, 0.4) is 0 Å². The van der Waals surface area contributed by atoms with Gasteiger partial charge in [0.1, 0.15) is 5.75 Å². The molecule has 1 N–H and O–H groups in total. The summed E-state index contributed by atoms with van der Waals surface area (Å²) in [5.41, 5.74) is 2.79. The molecule has 164 valence electrons. The van der Waals surface area contributed by atoms with E-state index in [0.717, 1.165) is 42.9 Å². The van der Waals surface area contributed by atoms with E-state index in [-0.39, 0.29) is 18.4 Å². The molecule has 2 aliphatic heterocycles. The van der Waals surface area contributed by atoms with Crippen LogP contribution in [0.2, 0.25) is 0 Å². The van der Waals surface area contributed by atoms with E-state index in [1.54, 1.807) is 0 Å². The lowest BCUT2D eigenvalue weighted by atomic mass is 10.0. The highest BCUT2D eigenvalue weighted by Gasteiger charge is 2.34. The van der Waals surface area contributed by atoms with Crippen molar-refractivity contribution in [2.75, 3.05) is 36.4 Å². The average Bonchev–Trinajstić information content (AvgIpc) is 2.79. The Labute approximate surface area is 184 Å². The maximum absolute atomic E-state index is 13.1. The number of carbonyl (C=O) groups excluding carboxylic acids is 2. The van der Waals surface area contributed by atoms with Crippen molar-refractivity contribution in [3.05, 3.63) is 54.1 Å². The number of para-hydroxylation sites is 3. The lowest BCUT2D eigenvalue weighted by Crippen LogP contribution is -2.52. The molecular weight excluding hydrogens is 390 g/mol. The van der Waals surface area contributed by atoms with Crippen LogP contribution in [0.1, 0.15) is 44.6 Å². The summed E-state index contributed by atoms with van der Waals surface area (Å²) in [7, 11) is 0. The van der Waals surface area contributed by atoms with Gasteiger partial charge in [-0.05, 0) is 48.9 Å². The number of nitrogens with zero attached hydrogens (tertiary/aromatic N) is 2. The van der Waals surface area contributed by atoms with Crippen LogP contribution < -0.4 is 15.0 Å². The Morgan fingerprint density at radius 2 is 1.74 bits per heavy atom. The number of rotatable bonds is 5. The maximum Gasteiger partial charge on any atom is 0.265 e. The molecule has 2 heterocycles. The normalized spacial score (nSPS) is 18.4. The van der Waals surface area contributed by atoms with Gasteiger partial charge in [0, 0.05) is 18.8 Å². The number of piperidine rings is 1. The van der Waals surface area contributed by atoms with Crippen LogP contribution in [0, 0.1) is 0 Å². The molecule has 1 saturated heterocycles. The molecule has 2 aromatic carbocycles. The first-order valence-corrected chi connectivity index (χ1v) is 11.2. The van der Waals surface area contributed by atoms with Crippen molar-refractivity contribution in [1.29, 1.82) is 0 Å². The number of carbonyl (C=O) groups is 2. The van der Waals surface area contributed by atoms with Crippen molar-refractivity contribution in [3.63, 3.8) is 0 Å². The summed E-state index contributed by atoms with van der Waals surface area (Å²) in [6, 6.07) is 15.5. The van der Waals surface area contributed by atoms with E-state index >= 15 is 0 Å². The topological polar surface area (TPSA) is 61.9 Å². The molecule has 2 amide bonds. The van der Waals surface area contributed by atoms with Gasteiger partial charge in [0.05, 0.1) is 18.8 Å². The average molecular weight is 422 g/mol. The summed E-state index contributed by atoms with van der Waals surface area (Å²) in [6.07, 6.45) is 2.65. The summed E-state index contributed by atoms with van der Waals surface area (Å²) in [5.74, 6) is 0.880. The lowest BCUT2D eigenvalue weighted by molar-refractivity contribution is -0.139. The van der Waals surface area contributed by atoms with Crippen molar-refractivity contribution < 1.29 is 14.3 Å². The number of nitrogens with one attached hydrogen (secondary N) is 1. The summed E-state index contributed by atoms with van der Waals surface area (Å²) in [6.45, 7) is 6.32. The fraction of sp³-hybridized carbons (Fsp3) is 0.440. The minimum atomic E-state index is -0.594. The monoisotopic (exact) mass is 421 g/mol.